The lowest BCUT2D eigenvalue weighted by Gasteiger charge is -2.09. The van der Waals surface area contributed by atoms with Crippen LogP contribution in [0.15, 0.2) is 53.6 Å². The second-order valence-corrected chi connectivity index (χ2v) is 4.98. The molecule has 0 aliphatic rings. The summed E-state index contributed by atoms with van der Waals surface area (Å²) >= 11 is 0. The van der Waals surface area contributed by atoms with Crippen LogP contribution in [0.5, 0.6) is 11.5 Å². The number of nitrogens with zero attached hydrogens (tertiary/aromatic N) is 2. The standard InChI is InChI=1S/C17H17N3O5/c1-12(13-7-9-14(10-8-13)20(22)23)18-19-17(21)11-25-16-6-4-3-5-15(16)24-2/h3-10H,11H2,1-2H3,(H,19,21)/b18-12+. The molecule has 0 fully saturated rings. The van der Waals surface area contributed by atoms with Gasteiger partial charge in [-0.2, -0.15) is 5.10 Å². The zero-order valence-corrected chi connectivity index (χ0v) is 13.8. The van der Waals surface area contributed by atoms with E-state index in [1.165, 1.54) is 19.2 Å². The lowest BCUT2D eigenvalue weighted by molar-refractivity contribution is -0.384. The van der Waals surface area contributed by atoms with Crippen LogP contribution >= 0.6 is 0 Å². The third kappa shape index (κ3) is 5.03. The van der Waals surface area contributed by atoms with Gasteiger partial charge in [0, 0.05) is 12.1 Å². The number of nitro groups is 1. The molecular weight excluding hydrogens is 326 g/mol. The largest absolute Gasteiger partial charge is 0.493 e. The first-order valence-corrected chi connectivity index (χ1v) is 7.35. The highest BCUT2D eigenvalue weighted by molar-refractivity contribution is 5.99. The van der Waals surface area contributed by atoms with Crippen LogP contribution in [0.3, 0.4) is 0 Å². The van der Waals surface area contributed by atoms with E-state index in [2.05, 4.69) is 10.5 Å². The zero-order valence-electron chi connectivity index (χ0n) is 13.8. The Morgan fingerprint density at radius 2 is 1.80 bits per heavy atom. The van der Waals surface area contributed by atoms with Crippen molar-refractivity contribution < 1.29 is 19.2 Å². The highest BCUT2D eigenvalue weighted by atomic mass is 16.6. The Bertz CT molecular complexity index is 787. The summed E-state index contributed by atoms with van der Waals surface area (Å²) in [5, 5.41) is 14.6. The van der Waals surface area contributed by atoms with Crippen molar-refractivity contribution in [2.75, 3.05) is 13.7 Å². The Morgan fingerprint density at radius 1 is 1.16 bits per heavy atom. The highest BCUT2D eigenvalue weighted by Crippen LogP contribution is 2.25. The van der Waals surface area contributed by atoms with Crippen LogP contribution in [0, 0.1) is 10.1 Å². The predicted octanol–water partition coefficient (Wildman–Crippen LogP) is 2.52. The number of benzene rings is 2. The molecule has 0 aromatic heterocycles. The van der Waals surface area contributed by atoms with Crippen molar-refractivity contribution in [3.63, 3.8) is 0 Å². The topological polar surface area (TPSA) is 103 Å². The zero-order chi connectivity index (χ0) is 18.2. The number of methoxy groups -OCH3 is 1. The molecular formula is C17H17N3O5. The molecule has 0 spiro atoms. The van der Waals surface area contributed by atoms with Crippen molar-refractivity contribution in [3.05, 3.63) is 64.2 Å². The number of hydrogen-bond acceptors (Lipinski definition) is 6. The van der Waals surface area contributed by atoms with Gasteiger partial charge in [0.25, 0.3) is 11.6 Å². The molecule has 2 aromatic carbocycles. The summed E-state index contributed by atoms with van der Waals surface area (Å²) in [6.45, 7) is 1.46. The molecule has 8 heteroatoms. The Labute approximate surface area is 144 Å². The van der Waals surface area contributed by atoms with Crippen LogP contribution < -0.4 is 14.9 Å². The molecule has 2 aromatic rings. The molecule has 0 bridgehead atoms. The second-order valence-electron chi connectivity index (χ2n) is 4.98. The number of rotatable bonds is 7. The summed E-state index contributed by atoms with van der Waals surface area (Å²) in [6, 6.07) is 12.9. The van der Waals surface area contributed by atoms with E-state index in [0.717, 1.165) is 0 Å². The van der Waals surface area contributed by atoms with Gasteiger partial charge in [0.1, 0.15) is 0 Å². The molecule has 2 rings (SSSR count). The smallest absolute Gasteiger partial charge is 0.277 e. The van der Waals surface area contributed by atoms with E-state index < -0.39 is 10.8 Å². The summed E-state index contributed by atoms with van der Waals surface area (Å²) < 4.78 is 10.5. The van der Waals surface area contributed by atoms with E-state index in [0.29, 0.717) is 22.8 Å². The van der Waals surface area contributed by atoms with E-state index in [9.17, 15) is 14.9 Å². The number of carbonyl (C=O) groups is 1. The number of carbonyl (C=O) groups excluding carboxylic acids is 1. The summed E-state index contributed by atoms with van der Waals surface area (Å²) in [5.41, 5.74) is 3.54. The number of nitrogens with one attached hydrogen (secondary N) is 1. The lowest BCUT2D eigenvalue weighted by Crippen LogP contribution is -2.25. The first-order chi connectivity index (χ1) is 12.0. The first-order valence-electron chi connectivity index (χ1n) is 7.35. The average Bonchev–Trinajstić information content (AvgIpc) is 2.64. The Morgan fingerprint density at radius 3 is 2.40 bits per heavy atom. The first kappa shape index (κ1) is 17.9. The minimum absolute atomic E-state index is 0.00852. The van der Waals surface area contributed by atoms with Gasteiger partial charge in [-0.1, -0.05) is 12.1 Å². The van der Waals surface area contributed by atoms with Gasteiger partial charge in [0.05, 0.1) is 17.7 Å². The van der Waals surface area contributed by atoms with Gasteiger partial charge in [-0.25, -0.2) is 5.43 Å². The fourth-order valence-corrected chi connectivity index (χ4v) is 1.95. The van der Waals surface area contributed by atoms with Crippen LogP contribution in [0.2, 0.25) is 0 Å². The van der Waals surface area contributed by atoms with Gasteiger partial charge in [-0.05, 0) is 36.8 Å². The van der Waals surface area contributed by atoms with Crippen LogP contribution in [-0.2, 0) is 4.79 Å². The third-order valence-electron chi connectivity index (χ3n) is 3.27. The SMILES string of the molecule is COc1ccccc1OCC(=O)N/N=C(\C)c1ccc([N+](=O)[O-])cc1. The van der Waals surface area contributed by atoms with Gasteiger partial charge >= 0.3 is 0 Å². The number of ether oxygens (including phenoxy) is 2. The maximum absolute atomic E-state index is 11.8. The molecule has 0 atom stereocenters. The van der Waals surface area contributed by atoms with E-state index in [1.807, 2.05) is 0 Å². The quantitative estimate of drug-likeness (QED) is 0.473. The minimum Gasteiger partial charge on any atom is -0.493 e. The lowest BCUT2D eigenvalue weighted by atomic mass is 10.1. The van der Waals surface area contributed by atoms with Crippen molar-refractivity contribution in [3.8, 4) is 11.5 Å². The molecule has 8 nitrogen and oxygen atoms in total. The number of non-ortho nitro benzene ring substituents is 1. The van der Waals surface area contributed by atoms with Crippen molar-refractivity contribution in [2.24, 2.45) is 5.10 Å². The normalized spacial score (nSPS) is 10.9. The monoisotopic (exact) mass is 343 g/mol. The molecule has 1 N–H and O–H groups in total. The van der Waals surface area contributed by atoms with Crippen molar-refractivity contribution in [2.45, 2.75) is 6.92 Å². The molecule has 0 radical (unpaired) electrons. The Balaban J connectivity index is 1.91. The minimum atomic E-state index is -0.479. The summed E-state index contributed by atoms with van der Waals surface area (Å²) in [4.78, 5) is 22.0. The number of hydrazone groups is 1. The molecule has 0 aliphatic heterocycles. The van der Waals surface area contributed by atoms with Gasteiger partial charge < -0.3 is 9.47 Å². The van der Waals surface area contributed by atoms with Crippen molar-refractivity contribution in [1.82, 2.24) is 5.43 Å². The van der Waals surface area contributed by atoms with E-state index in [1.54, 1.807) is 43.3 Å². The third-order valence-corrected chi connectivity index (χ3v) is 3.27. The number of amides is 1. The fourth-order valence-electron chi connectivity index (χ4n) is 1.95. The molecule has 0 heterocycles. The van der Waals surface area contributed by atoms with Gasteiger partial charge in [0.15, 0.2) is 18.1 Å². The van der Waals surface area contributed by atoms with Crippen LogP contribution in [0.4, 0.5) is 5.69 Å². The molecule has 0 unspecified atom stereocenters. The molecule has 0 aliphatic carbocycles. The van der Waals surface area contributed by atoms with E-state index in [-0.39, 0.29) is 12.3 Å². The van der Waals surface area contributed by atoms with Crippen LogP contribution in [0.25, 0.3) is 0 Å². The number of nitro benzene ring substituents is 1. The summed E-state index contributed by atoms with van der Waals surface area (Å²) in [6.07, 6.45) is 0. The summed E-state index contributed by atoms with van der Waals surface area (Å²) in [5.74, 6) is 0.546. The molecule has 0 saturated carbocycles. The molecule has 0 saturated heterocycles. The number of hydrogen-bond donors (Lipinski definition) is 1. The van der Waals surface area contributed by atoms with Gasteiger partial charge in [-0.3, -0.25) is 14.9 Å². The van der Waals surface area contributed by atoms with E-state index >= 15 is 0 Å². The second kappa shape index (κ2) is 8.44. The molecule has 130 valence electrons. The van der Waals surface area contributed by atoms with Crippen LogP contribution in [-0.4, -0.2) is 30.3 Å². The van der Waals surface area contributed by atoms with Crippen molar-refractivity contribution >= 4 is 17.3 Å². The van der Waals surface area contributed by atoms with Crippen LogP contribution in [0.1, 0.15) is 12.5 Å². The van der Waals surface area contributed by atoms with Crippen molar-refractivity contribution in [1.29, 1.82) is 0 Å². The Kier molecular flexibility index (Phi) is 6.05. The molecule has 1 amide bonds. The van der Waals surface area contributed by atoms with Gasteiger partial charge in [0.2, 0.25) is 0 Å². The van der Waals surface area contributed by atoms with E-state index in [4.69, 9.17) is 9.47 Å². The fraction of sp³-hybridized carbons (Fsp3) is 0.176. The molecule has 25 heavy (non-hydrogen) atoms. The predicted molar refractivity (Wildman–Crippen MR) is 91.9 cm³/mol. The Hall–Kier alpha value is -3.42. The maximum atomic E-state index is 11.8. The number of para-hydroxylation sites is 2. The van der Waals surface area contributed by atoms with Gasteiger partial charge in [-0.15, -0.1) is 0 Å². The maximum Gasteiger partial charge on any atom is 0.277 e. The highest BCUT2D eigenvalue weighted by Gasteiger charge is 2.08. The summed E-state index contributed by atoms with van der Waals surface area (Å²) in [7, 11) is 1.51. The average molecular weight is 343 g/mol.